The number of nitrogens with one attached hydrogen (secondary N) is 3. The number of amides is 1. The summed E-state index contributed by atoms with van der Waals surface area (Å²) < 4.78 is 25.0. The fourth-order valence-corrected chi connectivity index (χ4v) is 9.60. The van der Waals surface area contributed by atoms with Crippen LogP contribution >= 0.6 is 35.2 Å². The lowest BCUT2D eigenvalue weighted by Crippen LogP contribution is -2.30. The van der Waals surface area contributed by atoms with E-state index in [1.54, 1.807) is 35.6 Å². The number of halogens is 1. The fourth-order valence-electron chi connectivity index (χ4n) is 8.04. The molecule has 1 atom stereocenters. The molecule has 358 valence electrons. The van der Waals surface area contributed by atoms with E-state index < -0.39 is 12.0 Å². The number of carboxylic acid groups (broad SMARTS) is 1. The van der Waals surface area contributed by atoms with Gasteiger partial charge in [0.2, 0.25) is 5.91 Å². The zero-order valence-corrected chi connectivity index (χ0v) is 40.5. The summed E-state index contributed by atoms with van der Waals surface area (Å²) in [5.41, 5.74) is 5.89. The second-order valence-electron chi connectivity index (χ2n) is 16.3. The van der Waals surface area contributed by atoms with Crippen LogP contribution in [-0.2, 0) is 19.0 Å². The summed E-state index contributed by atoms with van der Waals surface area (Å²) in [5, 5.41) is 40.9. The van der Waals surface area contributed by atoms with Gasteiger partial charge in [-0.05, 0) is 105 Å². The number of aromatic carboxylic acids is 1. The Morgan fingerprint density at radius 2 is 1.54 bits per heavy atom. The van der Waals surface area contributed by atoms with Crippen LogP contribution in [0.3, 0.4) is 0 Å². The number of anilines is 1. The molecular formula is C50H50ClN7O9S2. The van der Waals surface area contributed by atoms with E-state index in [1.165, 1.54) is 35.2 Å². The van der Waals surface area contributed by atoms with Gasteiger partial charge in [0.15, 0.2) is 16.4 Å². The Morgan fingerprint density at radius 1 is 0.841 bits per heavy atom. The Hall–Kier alpha value is -6.54. The number of thiophene rings is 1. The molecule has 3 aliphatic rings. The molecule has 0 fully saturated rings. The minimum Gasteiger partial charge on any atom is -0.508 e. The van der Waals surface area contributed by atoms with Gasteiger partial charge in [0.05, 0.1) is 44.1 Å². The molecule has 0 unspecified atom stereocenters. The molecule has 4 heterocycles. The van der Waals surface area contributed by atoms with Gasteiger partial charge in [0.1, 0.15) is 34.0 Å². The number of ether oxygens (including phenoxy) is 3. The second-order valence-corrected chi connectivity index (χ2v) is 18.3. The molecule has 5 aromatic rings. The van der Waals surface area contributed by atoms with E-state index >= 15 is 0 Å². The third-order valence-electron chi connectivity index (χ3n) is 11.5. The molecule has 69 heavy (non-hydrogen) atoms. The molecular weight excluding hydrogens is 942 g/mol. The summed E-state index contributed by atoms with van der Waals surface area (Å²) in [7, 11) is 0. The van der Waals surface area contributed by atoms with Gasteiger partial charge in [-0.2, -0.15) is 0 Å². The van der Waals surface area contributed by atoms with Crippen LogP contribution in [0, 0.1) is 20.8 Å². The number of hydrogen-bond donors (Lipinski definition) is 5. The van der Waals surface area contributed by atoms with Crippen molar-refractivity contribution in [2.45, 2.75) is 46.1 Å². The highest BCUT2D eigenvalue weighted by Crippen LogP contribution is 2.43. The van der Waals surface area contributed by atoms with Crippen molar-refractivity contribution in [1.29, 1.82) is 0 Å². The molecule has 8 rings (SSSR count). The molecule has 3 aromatic carbocycles. The van der Waals surface area contributed by atoms with Crippen LogP contribution in [0.1, 0.15) is 68.9 Å². The third-order valence-corrected chi connectivity index (χ3v) is 13.2. The van der Waals surface area contributed by atoms with Crippen LogP contribution in [0.25, 0.3) is 38.4 Å². The van der Waals surface area contributed by atoms with Crippen molar-refractivity contribution in [3.63, 3.8) is 0 Å². The zero-order chi connectivity index (χ0) is 48.6. The van der Waals surface area contributed by atoms with Crippen LogP contribution in [-0.4, -0.2) is 100 Å². The number of carbonyl (C=O) groups excluding carboxylic acids is 1. The number of carbonyl (C=O) groups is 2. The van der Waals surface area contributed by atoms with E-state index in [-0.39, 0.29) is 34.8 Å². The lowest BCUT2D eigenvalue weighted by Gasteiger charge is -2.18. The first-order valence-electron chi connectivity index (χ1n) is 22.3. The maximum atomic E-state index is 13.3. The minimum absolute atomic E-state index is 0.00726. The lowest BCUT2D eigenvalue weighted by atomic mass is 9.90. The monoisotopic (exact) mass is 991 g/mol. The van der Waals surface area contributed by atoms with Crippen molar-refractivity contribution in [3.8, 4) is 33.2 Å². The molecule has 5 N–H and O–H groups in total. The van der Waals surface area contributed by atoms with Gasteiger partial charge in [-0.25, -0.2) is 4.79 Å². The summed E-state index contributed by atoms with van der Waals surface area (Å²) in [5.74, 6) is 0.305. The van der Waals surface area contributed by atoms with Gasteiger partial charge in [0.25, 0.3) is 0 Å². The number of aromatic nitrogens is 3. The molecule has 0 spiro atoms. The van der Waals surface area contributed by atoms with E-state index in [1.807, 2.05) is 35.8 Å². The van der Waals surface area contributed by atoms with Crippen LogP contribution in [0.2, 0.25) is 5.02 Å². The molecule has 16 nitrogen and oxygen atoms in total. The van der Waals surface area contributed by atoms with Crippen molar-refractivity contribution in [1.82, 2.24) is 25.4 Å². The highest BCUT2D eigenvalue weighted by Gasteiger charge is 2.32. The van der Waals surface area contributed by atoms with Crippen LogP contribution < -0.4 is 21.4 Å². The van der Waals surface area contributed by atoms with Crippen molar-refractivity contribution in [3.05, 3.63) is 133 Å². The molecule has 0 bridgehead atoms. The summed E-state index contributed by atoms with van der Waals surface area (Å²) >= 11 is 13.4. The maximum absolute atomic E-state index is 13.3. The molecule has 1 aliphatic carbocycles. The maximum Gasteiger partial charge on any atom is 0.336 e. The molecule has 2 aliphatic heterocycles. The normalized spacial score (nSPS) is 13.2. The average Bonchev–Trinajstić information content (AvgIpc) is 3.80. The molecule has 1 amide bonds. The van der Waals surface area contributed by atoms with E-state index in [0.717, 1.165) is 33.2 Å². The molecule has 0 radical (unpaired) electrons. The number of nitrogens with zero attached hydrogens (tertiary/aromatic N) is 4. The summed E-state index contributed by atoms with van der Waals surface area (Å²) in [4.78, 5) is 44.3. The lowest BCUT2D eigenvalue weighted by molar-refractivity contribution is -0.121. The number of hydrogen-bond acceptors (Lipinski definition) is 13. The topological polar surface area (TPSA) is 212 Å². The largest absolute Gasteiger partial charge is 0.508 e. The number of phenols is 1. The standard InChI is InChI=1S/C50H50ClN7O9S2/c1-28-29(2)69-48-44(28)46(31-6-8-32(51)9-7-31)55-40(47-57-56-30(3)58(47)48)27-43(61)52-16-4-18-64-20-22-66-23-21-65-19-5-17-53-50(68)54-33-10-13-36(39(24-33)49(62)63)45-37-14-11-34(59)25-41(37)67-42-26-35(60)12-15-38(42)45/h6-15,24-26,40,59H,4-5,16-23,27H2,1-3H3,(H,52,61)(H,62,63)(H2,53,54,68)/t40-/m0/s1. The highest BCUT2D eigenvalue weighted by atomic mass is 35.5. The number of phenolic OH excluding ortho intramolecular Hbond substituents is 1. The first kappa shape index (κ1) is 48.9. The average molecular weight is 993 g/mol. The van der Waals surface area contributed by atoms with Crippen LogP contribution in [0.5, 0.6) is 5.75 Å². The highest BCUT2D eigenvalue weighted by molar-refractivity contribution is 7.80. The fraction of sp³-hybridized carbons (Fsp3) is 0.300. The number of carboxylic acids is 1. The van der Waals surface area contributed by atoms with E-state index in [9.17, 15) is 24.6 Å². The Labute approximate surface area is 411 Å². The Kier molecular flexibility index (Phi) is 15.8. The number of thiocarbonyl (C=S) groups is 1. The van der Waals surface area contributed by atoms with E-state index in [0.29, 0.717) is 115 Å². The Bertz CT molecular complexity index is 3080. The molecule has 0 saturated heterocycles. The first-order valence-corrected chi connectivity index (χ1v) is 23.9. The minimum atomic E-state index is -1.16. The number of aryl methyl sites for hydroxylation is 2. The van der Waals surface area contributed by atoms with E-state index in [4.69, 9.17) is 47.4 Å². The van der Waals surface area contributed by atoms with E-state index in [2.05, 4.69) is 40.0 Å². The number of benzene rings is 4. The smallest absolute Gasteiger partial charge is 0.336 e. The SMILES string of the molecule is Cc1sc2c(c1C)C(c1ccc(Cl)cc1)=N[C@@H](CC(=O)NCCCOCCOCCOCCCNC(=S)Nc1ccc(-c3c4ccc(=O)cc-4oc4cc(O)ccc34)c(C(=O)O)c1)c1nnc(C)n1-2. The van der Waals surface area contributed by atoms with Crippen molar-refractivity contribution >= 4 is 74.5 Å². The zero-order valence-electron chi connectivity index (χ0n) is 38.1. The number of fused-ring (bicyclic) bond motifs is 5. The molecule has 0 saturated carbocycles. The summed E-state index contributed by atoms with van der Waals surface area (Å²) in [6.45, 7) is 9.63. The molecule has 2 aromatic heterocycles. The Balaban J connectivity index is 0.705. The van der Waals surface area contributed by atoms with Gasteiger partial charge < -0.3 is 44.8 Å². The van der Waals surface area contributed by atoms with Gasteiger partial charge in [-0.1, -0.05) is 29.8 Å². The van der Waals surface area contributed by atoms with Gasteiger partial charge >= 0.3 is 5.97 Å². The van der Waals surface area contributed by atoms with Crippen LogP contribution in [0.15, 0.2) is 93.1 Å². The van der Waals surface area contributed by atoms with Crippen LogP contribution in [0.4, 0.5) is 5.69 Å². The number of aliphatic imine (C=N–C) groups is 1. The number of rotatable bonds is 20. The molecule has 19 heteroatoms. The van der Waals surface area contributed by atoms with Crippen molar-refractivity contribution in [2.75, 3.05) is 58.0 Å². The second kappa shape index (κ2) is 22.3. The van der Waals surface area contributed by atoms with Gasteiger partial charge in [-0.15, -0.1) is 21.5 Å². The van der Waals surface area contributed by atoms with Gasteiger partial charge in [-0.3, -0.25) is 19.1 Å². The van der Waals surface area contributed by atoms with Gasteiger partial charge in [0, 0.05) is 81.7 Å². The van der Waals surface area contributed by atoms with Crippen molar-refractivity contribution in [2.24, 2.45) is 4.99 Å². The third kappa shape index (κ3) is 11.5. The summed E-state index contributed by atoms with van der Waals surface area (Å²) in [6.07, 6.45) is 1.40. The quantitative estimate of drug-likeness (QED) is 0.0276. The number of aromatic hydroxyl groups is 1. The predicted octanol–water partition coefficient (Wildman–Crippen LogP) is 8.40. The van der Waals surface area contributed by atoms with Crippen molar-refractivity contribution < 1.29 is 38.4 Å². The summed E-state index contributed by atoms with van der Waals surface area (Å²) in [6, 6.07) is 20.8. The Morgan fingerprint density at radius 3 is 2.26 bits per heavy atom. The predicted molar refractivity (Wildman–Crippen MR) is 270 cm³/mol. The first-order chi connectivity index (χ1) is 33.4.